The Morgan fingerprint density at radius 3 is 2.61 bits per heavy atom. The summed E-state index contributed by atoms with van der Waals surface area (Å²) in [4.78, 5) is 18.2. The van der Waals surface area contributed by atoms with E-state index < -0.39 is 0 Å². The summed E-state index contributed by atoms with van der Waals surface area (Å²) in [6.45, 7) is 11.1. The third-order valence-electron chi connectivity index (χ3n) is 6.21. The van der Waals surface area contributed by atoms with Gasteiger partial charge in [-0.1, -0.05) is 6.07 Å². The van der Waals surface area contributed by atoms with Crippen molar-refractivity contribution in [3.05, 3.63) is 35.7 Å². The molecule has 8 heteroatoms. The summed E-state index contributed by atoms with van der Waals surface area (Å²) in [7, 11) is 3.80. The van der Waals surface area contributed by atoms with Gasteiger partial charge in [0.1, 0.15) is 34.8 Å². The molecule has 0 radical (unpaired) electrons. The lowest BCUT2D eigenvalue weighted by atomic mass is 10.00. The van der Waals surface area contributed by atoms with Gasteiger partial charge in [-0.15, -0.1) is 0 Å². The number of nitrogens with zero attached hydrogens (tertiary/aromatic N) is 5. The topological polar surface area (TPSA) is 89.6 Å². The maximum absolute atomic E-state index is 6.39. The molecule has 0 spiro atoms. The highest BCUT2D eigenvalue weighted by atomic mass is 16.5. The Morgan fingerprint density at radius 2 is 1.90 bits per heavy atom. The Bertz CT molecular complexity index is 1130. The number of hydrogen-bond acceptors (Lipinski definition) is 8. The molecule has 2 aromatic heterocycles. The summed E-state index contributed by atoms with van der Waals surface area (Å²) < 4.78 is 11.9. The Kier molecular flexibility index (Phi) is 5.35. The van der Waals surface area contributed by atoms with Crippen LogP contribution in [0.4, 0.5) is 11.6 Å². The van der Waals surface area contributed by atoms with Gasteiger partial charge >= 0.3 is 0 Å². The molecule has 164 valence electrons. The summed E-state index contributed by atoms with van der Waals surface area (Å²) in [5, 5.41) is 0.612. The molecule has 31 heavy (non-hydrogen) atoms. The Balaban J connectivity index is 1.84. The zero-order valence-electron chi connectivity index (χ0n) is 19.1. The lowest BCUT2D eigenvalue weighted by molar-refractivity contribution is 0.138. The zero-order valence-corrected chi connectivity index (χ0v) is 19.1. The summed E-state index contributed by atoms with van der Waals surface area (Å²) in [6, 6.07) is 5.87. The number of ether oxygens (including phenoxy) is 2. The van der Waals surface area contributed by atoms with Crippen molar-refractivity contribution in [1.29, 1.82) is 0 Å². The van der Waals surface area contributed by atoms with E-state index in [2.05, 4.69) is 40.7 Å². The molecule has 3 heterocycles. The van der Waals surface area contributed by atoms with E-state index in [0.29, 0.717) is 28.4 Å². The van der Waals surface area contributed by atoms with E-state index in [1.807, 2.05) is 32.0 Å². The summed E-state index contributed by atoms with van der Waals surface area (Å²) in [5.74, 6) is 3.02. The molecule has 1 fully saturated rings. The lowest BCUT2D eigenvalue weighted by Crippen LogP contribution is -2.57. The van der Waals surface area contributed by atoms with Crippen LogP contribution in [0.25, 0.3) is 10.9 Å². The number of aromatic nitrogens is 3. The van der Waals surface area contributed by atoms with Gasteiger partial charge in [0.15, 0.2) is 0 Å². The molecule has 0 bridgehead atoms. The van der Waals surface area contributed by atoms with Crippen molar-refractivity contribution in [3.63, 3.8) is 0 Å². The Morgan fingerprint density at radius 1 is 1.13 bits per heavy atom. The molecule has 1 aliphatic rings. The number of benzene rings is 1. The van der Waals surface area contributed by atoms with Gasteiger partial charge in [-0.2, -0.15) is 4.98 Å². The van der Waals surface area contributed by atoms with Gasteiger partial charge in [-0.05, 0) is 46.4 Å². The second-order valence-electron chi connectivity index (χ2n) is 8.74. The molecule has 0 aliphatic carbocycles. The number of pyridine rings is 1. The van der Waals surface area contributed by atoms with E-state index in [1.165, 1.54) is 6.33 Å². The van der Waals surface area contributed by atoms with Crippen molar-refractivity contribution in [3.8, 4) is 17.4 Å². The van der Waals surface area contributed by atoms with Crippen molar-refractivity contribution < 1.29 is 9.47 Å². The van der Waals surface area contributed by atoms with Crippen LogP contribution in [0.15, 0.2) is 24.5 Å². The van der Waals surface area contributed by atoms with Crippen LogP contribution in [0.1, 0.15) is 25.0 Å². The Labute approximate surface area is 183 Å². The maximum atomic E-state index is 6.39. The quantitative estimate of drug-likeness (QED) is 0.683. The first-order valence-electron chi connectivity index (χ1n) is 10.4. The highest BCUT2D eigenvalue weighted by Crippen LogP contribution is 2.38. The number of nitrogen functional groups attached to an aromatic ring is 1. The minimum atomic E-state index is 0.0284. The first-order valence-corrected chi connectivity index (χ1v) is 10.4. The van der Waals surface area contributed by atoms with Crippen LogP contribution in [-0.2, 0) is 0 Å². The molecule has 0 saturated carbocycles. The second kappa shape index (κ2) is 7.85. The third-order valence-corrected chi connectivity index (χ3v) is 6.21. The third kappa shape index (κ3) is 3.83. The molecule has 2 N–H and O–H groups in total. The van der Waals surface area contributed by atoms with Crippen LogP contribution in [-0.4, -0.2) is 59.2 Å². The van der Waals surface area contributed by atoms with Gasteiger partial charge in [-0.3, -0.25) is 4.90 Å². The first kappa shape index (κ1) is 21.1. The predicted molar refractivity (Wildman–Crippen MR) is 123 cm³/mol. The fraction of sp³-hybridized carbons (Fsp3) is 0.435. The number of anilines is 2. The molecule has 3 aromatic rings. The minimum absolute atomic E-state index is 0.0284. The number of rotatable bonds is 4. The van der Waals surface area contributed by atoms with Crippen LogP contribution in [0.2, 0.25) is 0 Å². The zero-order chi connectivity index (χ0) is 22.3. The number of likely N-dealkylation sites (N-methyl/N-ethyl adjacent to an activating group) is 1. The van der Waals surface area contributed by atoms with Crippen molar-refractivity contribution >= 4 is 22.5 Å². The van der Waals surface area contributed by atoms with E-state index in [4.69, 9.17) is 20.2 Å². The molecule has 1 saturated heterocycles. The van der Waals surface area contributed by atoms with Crippen LogP contribution in [0.3, 0.4) is 0 Å². The van der Waals surface area contributed by atoms with Crippen molar-refractivity contribution in [1.82, 2.24) is 19.9 Å². The second-order valence-corrected chi connectivity index (χ2v) is 8.74. The summed E-state index contributed by atoms with van der Waals surface area (Å²) in [6.07, 6.45) is 1.47. The molecule has 4 rings (SSSR count). The van der Waals surface area contributed by atoms with Crippen molar-refractivity contribution in [2.75, 3.05) is 44.4 Å². The van der Waals surface area contributed by atoms with E-state index >= 15 is 0 Å². The number of piperazine rings is 1. The normalized spacial score (nSPS) is 16.5. The van der Waals surface area contributed by atoms with Gasteiger partial charge in [0.05, 0.1) is 12.6 Å². The number of aryl methyl sites for hydroxylation is 1. The van der Waals surface area contributed by atoms with Gasteiger partial charge in [0.25, 0.3) is 0 Å². The SMILES string of the molecule is COc1ccc(C)c(Oc2nc(N3CCN(C)C(C)(C)C3)cc3ncnc(N)c23)c1C. The van der Waals surface area contributed by atoms with Gasteiger partial charge in [0.2, 0.25) is 5.88 Å². The molecule has 1 aromatic carbocycles. The smallest absolute Gasteiger partial charge is 0.234 e. The lowest BCUT2D eigenvalue weighted by Gasteiger charge is -2.45. The molecule has 1 aliphatic heterocycles. The largest absolute Gasteiger partial charge is 0.496 e. The molecule has 8 nitrogen and oxygen atoms in total. The van der Waals surface area contributed by atoms with Crippen molar-refractivity contribution in [2.45, 2.75) is 33.2 Å². The molecule has 0 amide bonds. The van der Waals surface area contributed by atoms with E-state index in [9.17, 15) is 0 Å². The fourth-order valence-corrected chi connectivity index (χ4v) is 4.01. The number of nitrogens with two attached hydrogens (primary N) is 1. The molecular formula is C23H30N6O2. The van der Waals surface area contributed by atoms with Gasteiger partial charge < -0.3 is 20.1 Å². The average Bonchev–Trinajstić information content (AvgIpc) is 2.73. The number of hydrogen-bond donors (Lipinski definition) is 1. The van der Waals surface area contributed by atoms with Gasteiger partial charge in [0, 0.05) is 36.8 Å². The number of methoxy groups -OCH3 is 1. The highest BCUT2D eigenvalue weighted by Gasteiger charge is 2.32. The summed E-state index contributed by atoms with van der Waals surface area (Å²) >= 11 is 0. The molecule has 0 atom stereocenters. The summed E-state index contributed by atoms with van der Waals surface area (Å²) in [5.41, 5.74) is 8.84. The predicted octanol–water partition coefficient (Wildman–Crippen LogP) is 3.56. The van der Waals surface area contributed by atoms with E-state index in [1.54, 1.807) is 7.11 Å². The van der Waals surface area contributed by atoms with Crippen LogP contribution in [0.5, 0.6) is 17.4 Å². The average molecular weight is 423 g/mol. The standard InChI is InChI=1S/C23H30N6O2/c1-14-7-8-17(30-6)15(2)20(14)31-22-19-16(25-13-26-21(19)24)11-18(27-22)29-10-9-28(5)23(3,4)12-29/h7-8,11,13H,9-10,12H2,1-6H3,(H2,24,25,26). The maximum Gasteiger partial charge on any atom is 0.234 e. The Hall–Kier alpha value is -3.13. The molecule has 0 unspecified atom stereocenters. The molecular weight excluding hydrogens is 392 g/mol. The van der Waals surface area contributed by atoms with Gasteiger partial charge in [-0.25, -0.2) is 9.97 Å². The van der Waals surface area contributed by atoms with Crippen LogP contribution in [0, 0.1) is 13.8 Å². The highest BCUT2D eigenvalue weighted by molar-refractivity contribution is 5.94. The van der Waals surface area contributed by atoms with Crippen LogP contribution >= 0.6 is 0 Å². The van der Waals surface area contributed by atoms with Crippen molar-refractivity contribution in [2.24, 2.45) is 0 Å². The van der Waals surface area contributed by atoms with E-state index in [0.717, 1.165) is 42.3 Å². The number of fused-ring (bicyclic) bond motifs is 1. The van der Waals surface area contributed by atoms with Crippen LogP contribution < -0.4 is 20.1 Å². The first-order chi connectivity index (χ1) is 14.7. The van der Waals surface area contributed by atoms with E-state index in [-0.39, 0.29) is 5.54 Å². The monoisotopic (exact) mass is 422 g/mol. The minimum Gasteiger partial charge on any atom is -0.496 e. The fourth-order valence-electron chi connectivity index (χ4n) is 4.01.